The minimum Gasteiger partial charge on any atom is -0.497 e. The molecule has 1 aliphatic rings. The monoisotopic (exact) mass is 368 g/mol. The first kappa shape index (κ1) is 17.3. The molecule has 1 fully saturated rings. The summed E-state index contributed by atoms with van der Waals surface area (Å²) in [6, 6.07) is 12.9. The van der Waals surface area contributed by atoms with Crippen molar-refractivity contribution in [3.63, 3.8) is 0 Å². The van der Waals surface area contributed by atoms with Crippen LogP contribution in [-0.2, 0) is 6.54 Å². The van der Waals surface area contributed by atoms with Crippen molar-refractivity contribution >= 4 is 11.3 Å². The van der Waals surface area contributed by atoms with E-state index >= 15 is 0 Å². The highest BCUT2D eigenvalue weighted by Gasteiger charge is 2.26. The second-order valence-corrected chi connectivity index (χ2v) is 7.71. The molecule has 0 saturated carbocycles. The molecule has 1 aromatic carbocycles. The number of methoxy groups -OCH3 is 1. The van der Waals surface area contributed by atoms with Gasteiger partial charge in [-0.1, -0.05) is 24.6 Å². The quantitative estimate of drug-likeness (QED) is 0.600. The van der Waals surface area contributed by atoms with Gasteiger partial charge in [0.2, 0.25) is 5.89 Å². The number of ether oxygens (including phenoxy) is 1. The molecule has 1 unspecified atom stereocenters. The van der Waals surface area contributed by atoms with Gasteiger partial charge in [-0.15, -0.1) is 11.3 Å². The van der Waals surface area contributed by atoms with E-state index in [0.717, 1.165) is 41.1 Å². The normalized spacial score (nSPS) is 18.2. The molecule has 136 valence electrons. The first-order chi connectivity index (χ1) is 12.7. The molecular weight excluding hydrogens is 344 g/mol. The summed E-state index contributed by atoms with van der Waals surface area (Å²) in [7, 11) is 1.72. The lowest BCUT2D eigenvalue weighted by Gasteiger charge is -2.35. The van der Waals surface area contributed by atoms with Gasteiger partial charge in [0.05, 0.1) is 17.7 Å². The number of rotatable bonds is 5. The van der Waals surface area contributed by atoms with Crippen LogP contribution in [0.15, 0.2) is 46.2 Å². The van der Waals surface area contributed by atoms with E-state index in [2.05, 4.69) is 34.5 Å². The van der Waals surface area contributed by atoms with Gasteiger partial charge in [-0.3, -0.25) is 4.90 Å². The lowest BCUT2D eigenvalue weighted by atomic mass is 9.95. The number of oxazole rings is 1. The Hall–Kier alpha value is -2.11. The second kappa shape index (κ2) is 7.64. The van der Waals surface area contributed by atoms with Crippen LogP contribution in [-0.4, -0.2) is 23.5 Å². The summed E-state index contributed by atoms with van der Waals surface area (Å²) in [6.45, 7) is 3.93. The number of nitrogens with zero attached hydrogens (tertiary/aromatic N) is 2. The molecule has 0 radical (unpaired) electrons. The molecule has 1 aliphatic heterocycles. The molecule has 5 heteroatoms. The van der Waals surface area contributed by atoms with Crippen LogP contribution in [0.3, 0.4) is 0 Å². The predicted molar refractivity (Wildman–Crippen MR) is 105 cm³/mol. The van der Waals surface area contributed by atoms with Crippen LogP contribution in [0, 0.1) is 6.92 Å². The molecule has 0 aliphatic carbocycles. The van der Waals surface area contributed by atoms with Gasteiger partial charge in [-0.05, 0) is 55.5 Å². The highest BCUT2D eigenvalue weighted by atomic mass is 32.1. The predicted octanol–water partition coefficient (Wildman–Crippen LogP) is 5.45. The number of aromatic nitrogens is 1. The Morgan fingerprint density at radius 3 is 3.00 bits per heavy atom. The highest BCUT2D eigenvalue weighted by molar-refractivity contribution is 7.13. The number of hydrogen-bond acceptors (Lipinski definition) is 5. The van der Waals surface area contributed by atoms with E-state index in [1.54, 1.807) is 18.4 Å². The first-order valence-corrected chi connectivity index (χ1v) is 10.0. The van der Waals surface area contributed by atoms with Crippen molar-refractivity contribution in [2.75, 3.05) is 13.7 Å². The fourth-order valence-corrected chi connectivity index (χ4v) is 4.33. The Kier molecular flexibility index (Phi) is 5.09. The Morgan fingerprint density at radius 1 is 1.27 bits per heavy atom. The maximum Gasteiger partial charge on any atom is 0.236 e. The van der Waals surface area contributed by atoms with E-state index in [4.69, 9.17) is 14.1 Å². The Labute approximate surface area is 158 Å². The Bertz CT molecular complexity index is 857. The molecule has 1 atom stereocenters. The Morgan fingerprint density at radius 2 is 2.19 bits per heavy atom. The van der Waals surface area contributed by atoms with Crippen molar-refractivity contribution in [3.05, 3.63) is 58.8 Å². The van der Waals surface area contributed by atoms with Gasteiger partial charge >= 0.3 is 0 Å². The molecule has 0 spiro atoms. The van der Waals surface area contributed by atoms with Gasteiger partial charge in [-0.25, -0.2) is 4.98 Å². The molecule has 4 nitrogen and oxygen atoms in total. The average molecular weight is 369 g/mol. The second-order valence-electron chi connectivity index (χ2n) is 6.76. The number of aryl methyl sites for hydroxylation is 1. The van der Waals surface area contributed by atoms with Crippen LogP contribution >= 0.6 is 11.3 Å². The summed E-state index contributed by atoms with van der Waals surface area (Å²) < 4.78 is 11.3. The standard InChI is InChI=1S/C21H24N2O2S/c1-15-18(22-21(25-15)20-10-6-12-26-20)14-23-11-4-3-9-19(23)16-7-5-8-17(13-16)24-2/h5-8,10,12-13,19H,3-4,9,11,14H2,1-2H3. The zero-order valence-corrected chi connectivity index (χ0v) is 16.1. The van der Waals surface area contributed by atoms with Crippen molar-refractivity contribution in [1.29, 1.82) is 0 Å². The van der Waals surface area contributed by atoms with Crippen LogP contribution < -0.4 is 4.74 Å². The third kappa shape index (κ3) is 3.55. The van der Waals surface area contributed by atoms with E-state index in [-0.39, 0.29) is 0 Å². The summed E-state index contributed by atoms with van der Waals surface area (Å²) in [5.74, 6) is 2.58. The molecule has 1 saturated heterocycles. The SMILES string of the molecule is COc1cccc(C2CCCCN2Cc2nc(-c3cccs3)oc2C)c1. The topological polar surface area (TPSA) is 38.5 Å². The van der Waals surface area contributed by atoms with Crippen LogP contribution in [0.2, 0.25) is 0 Å². The molecule has 3 aromatic rings. The van der Waals surface area contributed by atoms with Crippen LogP contribution in [0.5, 0.6) is 5.75 Å². The van der Waals surface area contributed by atoms with Gasteiger partial charge in [0, 0.05) is 12.6 Å². The number of likely N-dealkylation sites (tertiary alicyclic amines) is 1. The molecular formula is C21H24N2O2S. The van der Waals surface area contributed by atoms with E-state index in [1.807, 2.05) is 19.1 Å². The summed E-state index contributed by atoms with van der Waals surface area (Å²) in [6.07, 6.45) is 3.66. The molecule has 0 N–H and O–H groups in total. The molecule has 0 bridgehead atoms. The van der Waals surface area contributed by atoms with Gasteiger partial charge in [-0.2, -0.15) is 0 Å². The summed E-state index contributed by atoms with van der Waals surface area (Å²) >= 11 is 1.66. The lowest BCUT2D eigenvalue weighted by Crippen LogP contribution is -2.33. The van der Waals surface area contributed by atoms with Crippen molar-refractivity contribution in [3.8, 4) is 16.5 Å². The van der Waals surface area contributed by atoms with Gasteiger partial charge in [0.1, 0.15) is 11.5 Å². The third-order valence-electron chi connectivity index (χ3n) is 5.07. The zero-order chi connectivity index (χ0) is 17.9. The lowest BCUT2D eigenvalue weighted by molar-refractivity contribution is 0.138. The minimum atomic E-state index is 0.403. The largest absolute Gasteiger partial charge is 0.497 e. The van der Waals surface area contributed by atoms with Gasteiger partial charge in [0.25, 0.3) is 0 Å². The summed E-state index contributed by atoms with van der Waals surface area (Å²) in [4.78, 5) is 8.40. The maximum atomic E-state index is 5.93. The fraction of sp³-hybridized carbons (Fsp3) is 0.381. The van der Waals surface area contributed by atoms with Gasteiger partial charge < -0.3 is 9.15 Å². The molecule has 26 heavy (non-hydrogen) atoms. The average Bonchev–Trinajstić information content (AvgIpc) is 3.33. The van der Waals surface area contributed by atoms with Crippen LogP contribution in [0.1, 0.15) is 42.3 Å². The third-order valence-corrected chi connectivity index (χ3v) is 5.93. The summed E-state index contributed by atoms with van der Waals surface area (Å²) in [5.41, 5.74) is 2.37. The Balaban J connectivity index is 1.57. The minimum absolute atomic E-state index is 0.403. The van der Waals surface area contributed by atoms with Crippen LogP contribution in [0.25, 0.3) is 10.8 Å². The van der Waals surface area contributed by atoms with Crippen molar-refractivity contribution in [1.82, 2.24) is 9.88 Å². The molecule has 0 amide bonds. The van der Waals surface area contributed by atoms with E-state index < -0.39 is 0 Å². The number of thiophene rings is 1. The van der Waals surface area contributed by atoms with E-state index in [1.165, 1.54) is 24.8 Å². The maximum absolute atomic E-state index is 5.93. The van der Waals surface area contributed by atoms with Crippen LogP contribution in [0.4, 0.5) is 0 Å². The van der Waals surface area contributed by atoms with Gasteiger partial charge in [0.15, 0.2) is 0 Å². The zero-order valence-electron chi connectivity index (χ0n) is 15.3. The fourth-order valence-electron chi connectivity index (χ4n) is 3.68. The van der Waals surface area contributed by atoms with Crippen molar-refractivity contribution in [2.24, 2.45) is 0 Å². The van der Waals surface area contributed by atoms with E-state index in [0.29, 0.717) is 6.04 Å². The van der Waals surface area contributed by atoms with E-state index in [9.17, 15) is 0 Å². The molecule has 2 aromatic heterocycles. The molecule has 4 rings (SSSR count). The number of benzene rings is 1. The highest BCUT2D eigenvalue weighted by Crippen LogP contribution is 2.34. The number of hydrogen-bond donors (Lipinski definition) is 0. The smallest absolute Gasteiger partial charge is 0.236 e. The first-order valence-electron chi connectivity index (χ1n) is 9.13. The van der Waals surface area contributed by atoms with Crippen molar-refractivity contribution < 1.29 is 9.15 Å². The van der Waals surface area contributed by atoms with Crippen molar-refractivity contribution in [2.45, 2.75) is 38.8 Å². The summed E-state index contributed by atoms with van der Waals surface area (Å²) in [5, 5.41) is 2.05. The molecule has 3 heterocycles. The number of piperidine rings is 1.